The smallest absolute Gasteiger partial charge is 0.0471 e. The summed E-state index contributed by atoms with van der Waals surface area (Å²) in [6, 6.07) is 6.52. The molecule has 82 valence electrons. The minimum absolute atomic E-state index is 0.425. The first-order valence-corrected chi connectivity index (χ1v) is 6.21. The highest BCUT2D eigenvalue weighted by atomic mass is 79.9. The highest BCUT2D eigenvalue weighted by molar-refractivity contribution is 9.10. The monoisotopic (exact) mass is 288 g/mol. The molecular weight excluding hydrogens is 275 g/mol. The molecule has 1 heterocycles. The van der Waals surface area contributed by atoms with Crippen molar-refractivity contribution in [3.63, 3.8) is 0 Å². The third-order valence-corrected chi connectivity index (χ3v) is 3.46. The maximum atomic E-state index is 6.05. The van der Waals surface area contributed by atoms with Gasteiger partial charge in [-0.15, -0.1) is 0 Å². The van der Waals surface area contributed by atoms with Crippen LogP contribution in [0.3, 0.4) is 0 Å². The third-order valence-electron chi connectivity index (χ3n) is 2.78. The van der Waals surface area contributed by atoms with Gasteiger partial charge in [-0.3, -0.25) is 4.90 Å². The standard InChI is InChI=1S/C11H14BrClN2/c1-15-3-2-14-7-11(15)8-4-9(12)6-10(13)5-8/h4-6,11,14H,2-3,7H2,1H3. The molecule has 1 saturated heterocycles. The van der Waals surface area contributed by atoms with Crippen LogP contribution in [0.1, 0.15) is 11.6 Å². The van der Waals surface area contributed by atoms with Crippen molar-refractivity contribution in [1.82, 2.24) is 10.2 Å². The lowest BCUT2D eigenvalue weighted by atomic mass is 10.0. The van der Waals surface area contributed by atoms with Crippen LogP contribution in [0.4, 0.5) is 0 Å². The lowest BCUT2D eigenvalue weighted by molar-refractivity contribution is 0.202. The molecule has 0 radical (unpaired) electrons. The Balaban J connectivity index is 2.27. The molecular formula is C11H14BrClN2. The van der Waals surface area contributed by atoms with Crippen LogP contribution in [0.25, 0.3) is 0 Å². The van der Waals surface area contributed by atoms with Crippen LogP contribution in [0, 0.1) is 0 Å². The Labute approximate surface area is 104 Å². The molecule has 2 nitrogen and oxygen atoms in total. The van der Waals surface area contributed by atoms with Crippen molar-refractivity contribution in [3.05, 3.63) is 33.3 Å². The van der Waals surface area contributed by atoms with E-state index in [9.17, 15) is 0 Å². The van der Waals surface area contributed by atoms with Crippen LogP contribution in [0.15, 0.2) is 22.7 Å². The van der Waals surface area contributed by atoms with E-state index in [0.717, 1.165) is 29.1 Å². The van der Waals surface area contributed by atoms with Gasteiger partial charge in [0, 0.05) is 35.2 Å². The first kappa shape index (κ1) is 11.4. The second kappa shape index (κ2) is 4.83. The quantitative estimate of drug-likeness (QED) is 0.855. The van der Waals surface area contributed by atoms with E-state index < -0.39 is 0 Å². The molecule has 1 aromatic rings. The van der Waals surface area contributed by atoms with Crippen molar-refractivity contribution in [2.24, 2.45) is 0 Å². The average Bonchev–Trinajstić information content (AvgIpc) is 2.16. The fourth-order valence-corrected chi connectivity index (χ4v) is 2.83. The van der Waals surface area contributed by atoms with Crippen LogP contribution >= 0.6 is 27.5 Å². The van der Waals surface area contributed by atoms with Gasteiger partial charge in [0.05, 0.1) is 0 Å². The molecule has 0 spiro atoms. The van der Waals surface area contributed by atoms with Gasteiger partial charge in [-0.05, 0) is 30.8 Å². The van der Waals surface area contributed by atoms with Gasteiger partial charge in [0.25, 0.3) is 0 Å². The highest BCUT2D eigenvalue weighted by Gasteiger charge is 2.20. The summed E-state index contributed by atoms with van der Waals surface area (Å²) in [5.41, 5.74) is 1.27. The van der Waals surface area contributed by atoms with E-state index in [4.69, 9.17) is 11.6 Å². The molecule has 1 atom stereocenters. The molecule has 0 bridgehead atoms. The minimum Gasteiger partial charge on any atom is -0.314 e. The number of nitrogens with one attached hydrogen (secondary N) is 1. The summed E-state index contributed by atoms with van der Waals surface area (Å²) in [7, 11) is 2.15. The van der Waals surface area contributed by atoms with E-state index >= 15 is 0 Å². The summed E-state index contributed by atoms with van der Waals surface area (Å²) >= 11 is 9.52. The first-order valence-electron chi connectivity index (χ1n) is 5.04. The summed E-state index contributed by atoms with van der Waals surface area (Å²) in [6.45, 7) is 3.13. The van der Waals surface area contributed by atoms with Gasteiger partial charge in [0.1, 0.15) is 0 Å². The molecule has 0 aromatic heterocycles. The van der Waals surface area contributed by atoms with Crippen LogP contribution in [-0.4, -0.2) is 31.6 Å². The molecule has 1 N–H and O–H groups in total. The van der Waals surface area contributed by atoms with Gasteiger partial charge in [0.2, 0.25) is 0 Å². The Bertz CT molecular complexity index is 336. The zero-order valence-electron chi connectivity index (χ0n) is 8.63. The topological polar surface area (TPSA) is 15.3 Å². The number of hydrogen-bond acceptors (Lipinski definition) is 2. The molecule has 1 aliphatic rings. The molecule has 0 saturated carbocycles. The van der Waals surface area contributed by atoms with Gasteiger partial charge in [0.15, 0.2) is 0 Å². The Hall–Kier alpha value is -0.0900. The lowest BCUT2D eigenvalue weighted by Gasteiger charge is -2.33. The second-order valence-electron chi connectivity index (χ2n) is 3.90. The van der Waals surface area contributed by atoms with E-state index in [1.165, 1.54) is 5.56 Å². The van der Waals surface area contributed by atoms with Gasteiger partial charge < -0.3 is 5.32 Å². The summed E-state index contributed by atoms with van der Waals surface area (Å²) < 4.78 is 1.05. The van der Waals surface area contributed by atoms with Crippen molar-refractivity contribution >= 4 is 27.5 Å². The van der Waals surface area contributed by atoms with Gasteiger partial charge in [-0.25, -0.2) is 0 Å². The zero-order valence-corrected chi connectivity index (χ0v) is 11.0. The number of likely N-dealkylation sites (N-methyl/N-ethyl adjacent to an activating group) is 1. The highest BCUT2D eigenvalue weighted by Crippen LogP contribution is 2.27. The Kier molecular flexibility index (Phi) is 3.67. The van der Waals surface area contributed by atoms with Gasteiger partial charge in [-0.1, -0.05) is 27.5 Å². The number of rotatable bonds is 1. The van der Waals surface area contributed by atoms with Crippen molar-refractivity contribution in [2.45, 2.75) is 6.04 Å². The molecule has 1 fully saturated rings. The fourth-order valence-electron chi connectivity index (χ4n) is 1.95. The van der Waals surface area contributed by atoms with Crippen molar-refractivity contribution in [1.29, 1.82) is 0 Å². The molecule has 1 aromatic carbocycles. The Morgan fingerprint density at radius 3 is 2.93 bits per heavy atom. The van der Waals surface area contributed by atoms with Gasteiger partial charge >= 0.3 is 0 Å². The lowest BCUT2D eigenvalue weighted by Crippen LogP contribution is -2.43. The molecule has 2 rings (SSSR count). The first-order chi connectivity index (χ1) is 7.16. The maximum Gasteiger partial charge on any atom is 0.0471 e. The van der Waals surface area contributed by atoms with Crippen molar-refractivity contribution < 1.29 is 0 Å². The fraction of sp³-hybridized carbons (Fsp3) is 0.455. The molecule has 1 aliphatic heterocycles. The largest absolute Gasteiger partial charge is 0.314 e. The summed E-state index contributed by atoms with van der Waals surface area (Å²) in [6.07, 6.45) is 0. The molecule has 1 unspecified atom stereocenters. The molecule has 15 heavy (non-hydrogen) atoms. The summed E-state index contributed by atoms with van der Waals surface area (Å²) in [4.78, 5) is 2.36. The number of nitrogens with zero attached hydrogens (tertiary/aromatic N) is 1. The van der Waals surface area contributed by atoms with E-state index in [0.29, 0.717) is 6.04 Å². The van der Waals surface area contributed by atoms with Crippen LogP contribution in [-0.2, 0) is 0 Å². The SMILES string of the molecule is CN1CCNCC1c1cc(Cl)cc(Br)c1. The molecule has 4 heteroatoms. The average molecular weight is 290 g/mol. The molecule has 0 amide bonds. The van der Waals surface area contributed by atoms with Crippen molar-refractivity contribution in [3.8, 4) is 0 Å². The number of hydrogen-bond donors (Lipinski definition) is 1. The van der Waals surface area contributed by atoms with E-state index in [-0.39, 0.29) is 0 Å². The number of halogens is 2. The maximum absolute atomic E-state index is 6.05. The van der Waals surface area contributed by atoms with Crippen LogP contribution in [0.2, 0.25) is 5.02 Å². The molecule has 0 aliphatic carbocycles. The third kappa shape index (κ3) is 2.72. The summed E-state index contributed by atoms with van der Waals surface area (Å²) in [5.74, 6) is 0. The number of benzene rings is 1. The van der Waals surface area contributed by atoms with Crippen molar-refractivity contribution in [2.75, 3.05) is 26.7 Å². The number of piperazine rings is 1. The van der Waals surface area contributed by atoms with Crippen LogP contribution in [0.5, 0.6) is 0 Å². The predicted molar refractivity (Wildman–Crippen MR) is 67.4 cm³/mol. The summed E-state index contributed by atoms with van der Waals surface area (Å²) in [5, 5.41) is 4.19. The van der Waals surface area contributed by atoms with Gasteiger partial charge in [-0.2, -0.15) is 0 Å². The minimum atomic E-state index is 0.425. The normalized spacial score (nSPS) is 23.0. The Morgan fingerprint density at radius 1 is 1.47 bits per heavy atom. The predicted octanol–water partition coefficient (Wildman–Crippen LogP) is 2.68. The van der Waals surface area contributed by atoms with Crippen LogP contribution < -0.4 is 5.32 Å². The van der Waals surface area contributed by atoms with E-state index in [1.54, 1.807) is 0 Å². The second-order valence-corrected chi connectivity index (χ2v) is 5.26. The van der Waals surface area contributed by atoms with E-state index in [2.05, 4.69) is 39.3 Å². The Morgan fingerprint density at radius 2 is 2.27 bits per heavy atom. The van der Waals surface area contributed by atoms with E-state index in [1.807, 2.05) is 12.1 Å². The zero-order chi connectivity index (χ0) is 10.8.